The summed E-state index contributed by atoms with van der Waals surface area (Å²) in [4.78, 5) is 24.9. The molecule has 0 saturated carbocycles. The topological polar surface area (TPSA) is 110 Å². The molecule has 0 fully saturated rings. The van der Waals surface area contributed by atoms with Gasteiger partial charge in [-0.3, -0.25) is 9.59 Å². The van der Waals surface area contributed by atoms with Crippen molar-refractivity contribution < 1.29 is 22.9 Å². The van der Waals surface area contributed by atoms with Crippen molar-refractivity contribution in [1.29, 1.82) is 0 Å². The van der Waals surface area contributed by atoms with Crippen LogP contribution in [0.5, 0.6) is 0 Å². The van der Waals surface area contributed by atoms with Crippen molar-refractivity contribution in [3.05, 3.63) is 70.1 Å². The molecule has 0 spiro atoms. The number of amides is 2. The van der Waals surface area contributed by atoms with E-state index in [9.17, 15) is 14.0 Å². The Balaban J connectivity index is 1.58. The maximum absolute atomic E-state index is 13.8. The van der Waals surface area contributed by atoms with Crippen LogP contribution < -0.4 is 10.7 Å². The quantitative estimate of drug-likeness (QED) is 0.637. The number of carbonyl (C=O) groups is 2. The van der Waals surface area contributed by atoms with E-state index in [0.717, 1.165) is 6.42 Å². The molecule has 0 atom stereocenters. The fraction of sp³-hybridized carbons (Fsp3) is 0.238. The summed E-state index contributed by atoms with van der Waals surface area (Å²) in [5.41, 5.74) is 4.20. The summed E-state index contributed by atoms with van der Waals surface area (Å²) in [6, 6.07) is 7.27. The van der Waals surface area contributed by atoms with Gasteiger partial charge in [0, 0.05) is 23.6 Å². The first-order chi connectivity index (χ1) is 14.4. The molecule has 154 valence electrons. The molecule has 2 amide bonds. The fourth-order valence-corrected chi connectivity index (χ4v) is 3.42. The largest absolute Gasteiger partial charge is 0.455 e. The Bertz CT molecular complexity index is 1160. The minimum absolute atomic E-state index is 0.0928. The molecule has 1 aliphatic carbocycles. The third-order valence-electron chi connectivity index (χ3n) is 4.81. The predicted octanol–water partition coefficient (Wildman–Crippen LogP) is 3.75. The highest BCUT2D eigenvalue weighted by Crippen LogP contribution is 2.30. The van der Waals surface area contributed by atoms with Gasteiger partial charge in [0.15, 0.2) is 11.6 Å². The first-order valence-electron chi connectivity index (χ1n) is 9.42. The number of anilines is 1. The molecule has 4 rings (SSSR count). The molecule has 0 radical (unpaired) electrons. The molecular weight excluding hydrogens is 391 g/mol. The molecule has 30 heavy (non-hydrogen) atoms. The second-order valence-electron chi connectivity index (χ2n) is 6.96. The van der Waals surface area contributed by atoms with Crippen LogP contribution in [0.1, 0.15) is 56.4 Å². The van der Waals surface area contributed by atoms with Gasteiger partial charge in [0.1, 0.15) is 17.3 Å². The average Bonchev–Trinajstić information content (AvgIpc) is 3.29. The summed E-state index contributed by atoms with van der Waals surface area (Å²) in [6.45, 7) is 3.47. The lowest BCUT2D eigenvalue weighted by molar-refractivity contribution is 0.0949. The van der Waals surface area contributed by atoms with E-state index in [1.807, 2.05) is 0 Å². The Morgan fingerprint density at radius 2 is 1.97 bits per heavy atom. The summed E-state index contributed by atoms with van der Waals surface area (Å²) >= 11 is 0. The number of rotatable bonds is 4. The van der Waals surface area contributed by atoms with Crippen molar-refractivity contribution in [2.24, 2.45) is 5.10 Å². The van der Waals surface area contributed by atoms with Gasteiger partial charge in [0.25, 0.3) is 11.8 Å². The Hall–Kier alpha value is -3.75. The van der Waals surface area contributed by atoms with Crippen molar-refractivity contribution in [3.8, 4) is 0 Å². The van der Waals surface area contributed by atoms with Crippen molar-refractivity contribution in [3.63, 3.8) is 0 Å². The van der Waals surface area contributed by atoms with Gasteiger partial charge >= 0.3 is 0 Å². The van der Waals surface area contributed by atoms with Crippen molar-refractivity contribution in [1.82, 2.24) is 10.6 Å². The van der Waals surface area contributed by atoms with Gasteiger partial charge in [-0.1, -0.05) is 17.3 Å². The lowest BCUT2D eigenvalue weighted by Gasteiger charge is -2.13. The van der Waals surface area contributed by atoms with E-state index in [0.29, 0.717) is 41.2 Å². The summed E-state index contributed by atoms with van der Waals surface area (Å²) in [5.74, 6) is -0.0906. The SMILES string of the molecule is Cc1cc(NC(=O)c2oc3c(c2C)/C(=N/NC(=O)c2ccccc2F)CCC3)no1. The van der Waals surface area contributed by atoms with Crippen molar-refractivity contribution >= 4 is 23.3 Å². The van der Waals surface area contributed by atoms with Crippen LogP contribution in [0, 0.1) is 19.7 Å². The van der Waals surface area contributed by atoms with E-state index in [1.54, 1.807) is 26.0 Å². The molecule has 0 bridgehead atoms. The van der Waals surface area contributed by atoms with Crippen LogP contribution in [0.25, 0.3) is 0 Å². The predicted molar refractivity (Wildman–Crippen MR) is 106 cm³/mol. The Kier molecular flexibility index (Phi) is 5.18. The first-order valence-corrected chi connectivity index (χ1v) is 9.42. The van der Waals surface area contributed by atoms with Crippen LogP contribution in [0.15, 0.2) is 44.4 Å². The maximum Gasteiger partial charge on any atom is 0.292 e. The van der Waals surface area contributed by atoms with Crippen LogP contribution in [0.3, 0.4) is 0 Å². The molecule has 2 N–H and O–H groups in total. The second kappa shape index (κ2) is 7.94. The standard InChI is InChI=1S/C21H19FN4O4/c1-11-10-17(26-30-11)23-21(28)19-12(2)18-15(8-5-9-16(18)29-19)24-25-20(27)13-6-3-4-7-14(13)22/h3-4,6-7,10H,5,8-9H2,1-2H3,(H,25,27)(H,23,26,28)/b24-15+. The number of hydrogen-bond acceptors (Lipinski definition) is 6. The number of carbonyl (C=O) groups excluding carboxylic acids is 2. The Morgan fingerprint density at radius 1 is 1.17 bits per heavy atom. The molecule has 0 unspecified atom stereocenters. The van der Waals surface area contributed by atoms with Crippen LogP contribution >= 0.6 is 0 Å². The molecule has 1 aliphatic rings. The normalized spacial score (nSPS) is 14.4. The first kappa shape index (κ1) is 19.6. The van der Waals surface area contributed by atoms with Gasteiger partial charge in [-0.05, 0) is 38.8 Å². The zero-order valence-electron chi connectivity index (χ0n) is 16.4. The minimum Gasteiger partial charge on any atom is -0.455 e. The third kappa shape index (κ3) is 3.73. The van der Waals surface area contributed by atoms with Crippen molar-refractivity contribution in [2.75, 3.05) is 5.32 Å². The molecule has 0 saturated heterocycles. The zero-order valence-corrected chi connectivity index (χ0v) is 16.4. The Labute approximate surface area is 171 Å². The molecule has 1 aromatic carbocycles. The number of hydrazone groups is 1. The number of nitrogens with one attached hydrogen (secondary N) is 2. The van der Waals surface area contributed by atoms with Gasteiger partial charge < -0.3 is 14.3 Å². The van der Waals surface area contributed by atoms with Crippen molar-refractivity contribution in [2.45, 2.75) is 33.1 Å². The number of hydrogen-bond donors (Lipinski definition) is 2. The maximum atomic E-state index is 13.8. The van der Waals surface area contributed by atoms with Crippen LogP contribution in [-0.4, -0.2) is 22.7 Å². The molecule has 8 nitrogen and oxygen atoms in total. The average molecular weight is 410 g/mol. The molecule has 3 aromatic rings. The van der Waals surface area contributed by atoms with Gasteiger partial charge in [-0.15, -0.1) is 0 Å². The third-order valence-corrected chi connectivity index (χ3v) is 4.81. The highest BCUT2D eigenvalue weighted by molar-refractivity contribution is 6.09. The molecule has 2 aromatic heterocycles. The highest BCUT2D eigenvalue weighted by Gasteiger charge is 2.28. The second-order valence-corrected chi connectivity index (χ2v) is 6.96. The summed E-state index contributed by atoms with van der Waals surface area (Å²) in [5, 5.41) is 10.6. The summed E-state index contributed by atoms with van der Waals surface area (Å²) in [6.07, 6.45) is 1.99. The van der Waals surface area contributed by atoms with Crippen LogP contribution in [0.4, 0.5) is 10.2 Å². The smallest absolute Gasteiger partial charge is 0.292 e. The van der Waals surface area contributed by atoms with Crippen LogP contribution in [-0.2, 0) is 6.42 Å². The summed E-state index contributed by atoms with van der Waals surface area (Å²) < 4.78 is 24.5. The number of benzene rings is 1. The number of halogens is 1. The fourth-order valence-electron chi connectivity index (χ4n) is 3.42. The Morgan fingerprint density at radius 3 is 2.70 bits per heavy atom. The number of aryl methyl sites for hydroxylation is 2. The number of aromatic nitrogens is 1. The number of fused-ring (bicyclic) bond motifs is 1. The number of furan rings is 1. The minimum atomic E-state index is -0.645. The van der Waals surface area contributed by atoms with E-state index in [-0.39, 0.29) is 17.1 Å². The number of nitrogens with zero attached hydrogens (tertiary/aromatic N) is 2. The molecule has 2 heterocycles. The lowest BCUT2D eigenvalue weighted by atomic mass is 9.93. The van der Waals surface area contributed by atoms with Crippen LogP contribution in [0.2, 0.25) is 0 Å². The molecule has 9 heteroatoms. The monoisotopic (exact) mass is 410 g/mol. The van der Waals surface area contributed by atoms with Gasteiger partial charge in [-0.25, -0.2) is 9.82 Å². The van der Waals surface area contributed by atoms with Gasteiger partial charge in [0.05, 0.1) is 11.3 Å². The highest BCUT2D eigenvalue weighted by atomic mass is 19.1. The van der Waals surface area contributed by atoms with E-state index in [1.165, 1.54) is 18.2 Å². The van der Waals surface area contributed by atoms with E-state index in [4.69, 9.17) is 8.94 Å². The lowest BCUT2D eigenvalue weighted by Crippen LogP contribution is -2.23. The molecule has 0 aliphatic heterocycles. The van der Waals surface area contributed by atoms with E-state index >= 15 is 0 Å². The van der Waals surface area contributed by atoms with Gasteiger partial charge in [0.2, 0.25) is 0 Å². The molecular formula is C21H19FN4O4. The van der Waals surface area contributed by atoms with Gasteiger partial charge in [-0.2, -0.15) is 5.10 Å². The van der Waals surface area contributed by atoms with E-state index < -0.39 is 17.6 Å². The van der Waals surface area contributed by atoms with E-state index in [2.05, 4.69) is 21.0 Å². The zero-order chi connectivity index (χ0) is 21.3. The summed E-state index contributed by atoms with van der Waals surface area (Å²) in [7, 11) is 0.